The number of rotatable bonds is 5. The molecule has 0 radical (unpaired) electrons. The van der Waals surface area contributed by atoms with Crippen LogP contribution in [0.5, 0.6) is 0 Å². The average molecular weight is 331 g/mol. The Kier molecular flexibility index (Phi) is 4.37. The summed E-state index contributed by atoms with van der Waals surface area (Å²) in [6, 6.07) is 0.294. The predicted octanol–water partition coefficient (Wildman–Crippen LogP) is 2.93. The van der Waals surface area contributed by atoms with Crippen LogP contribution in [0.15, 0.2) is 6.20 Å². The molecule has 2 aliphatic carbocycles. The molecule has 3 aliphatic rings. The topological polar surface area (TPSA) is 56.2 Å². The van der Waals surface area contributed by atoms with Crippen LogP contribution in [-0.4, -0.2) is 34.4 Å². The third kappa shape index (κ3) is 2.67. The third-order valence-corrected chi connectivity index (χ3v) is 6.32. The van der Waals surface area contributed by atoms with Crippen LogP contribution in [0.4, 0.5) is 0 Å². The fourth-order valence-electron chi connectivity index (χ4n) is 5.17. The maximum atomic E-state index is 12.8. The lowest BCUT2D eigenvalue weighted by Gasteiger charge is -2.50. The number of nitrogens with one attached hydrogen (secondary N) is 1. The molecule has 2 saturated carbocycles. The second-order valence-corrected chi connectivity index (χ2v) is 7.80. The molecule has 2 heterocycles. The summed E-state index contributed by atoms with van der Waals surface area (Å²) in [4.78, 5) is 12.8. The van der Waals surface area contributed by atoms with Crippen LogP contribution in [-0.2, 0) is 11.3 Å². The number of aromatic nitrogens is 2. The van der Waals surface area contributed by atoms with Crippen molar-refractivity contribution in [1.29, 1.82) is 0 Å². The number of carbonyl (C=O) groups is 1. The minimum atomic E-state index is 0.0493. The van der Waals surface area contributed by atoms with E-state index < -0.39 is 0 Å². The lowest BCUT2D eigenvalue weighted by atomic mass is 9.61. The summed E-state index contributed by atoms with van der Waals surface area (Å²) >= 11 is 0. The third-order valence-electron chi connectivity index (χ3n) is 6.32. The maximum absolute atomic E-state index is 12.8. The van der Waals surface area contributed by atoms with E-state index in [-0.39, 0.29) is 5.91 Å². The quantitative estimate of drug-likeness (QED) is 0.902. The summed E-state index contributed by atoms with van der Waals surface area (Å²) < 4.78 is 7.88. The number of fused-ring (bicyclic) bond motifs is 1. The molecule has 132 valence electrons. The Morgan fingerprint density at radius 1 is 1.38 bits per heavy atom. The first-order valence-electron chi connectivity index (χ1n) is 9.65. The Morgan fingerprint density at radius 3 is 2.92 bits per heavy atom. The molecule has 4 atom stereocenters. The summed E-state index contributed by atoms with van der Waals surface area (Å²) in [7, 11) is 0. The largest absolute Gasteiger partial charge is 0.377 e. The average Bonchev–Trinajstić information content (AvgIpc) is 3.27. The number of hydrogen-bond donors (Lipinski definition) is 1. The van der Waals surface area contributed by atoms with Crippen molar-refractivity contribution in [2.45, 2.75) is 71.1 Å². The molecule has 5 heteroatoms. The van der Waals surface area contributed by atoms with Gasteiger partial charge in [-0.05, 0) is 25.7 Å². The van der Waals surface area contributed by atoms with Gasteiger partial charge in [-0.3, -0.25) is 9.48 Å². The highest BCUT2D eigenvalue weighted by molar-refractivity contribution is 5.95. The fourth-order valence-corrected chi connectivity index (χ4v) is 5.17. The summed E-state index contributed by atoms with van der Waals surface area (Å²) in [5.41, 5.74) is 1.56. The van der Waals surface area contributed by atoms with Gasteiger partial charge in [0.1, 0.15) is 0 Å². The zero-order valence-electron chi connectivity index (χ0n) is 14.8. The molecule has 5 nitrogen and oxygen atoms in total. The number of aryl methyl sites for hydroxylation is 2. The van der Waals surface area contributed by atoms with Gasteiger partial charge in [-0.2, -0.15) is 5.10 Å². The van der Waals surface area contributed by atoms with Crippen LogP contribution >= 0.6 is 0 Å². The molecule has 1 N–H and O–H groups in total. The zero-order valence-corrected chi connectivity index (χ0v) is 14.8. The molecule has 0 bridgehead atoms. The first kappa shape index (κ1) is 16.1. The van der Waals surface area contributed by atoms with Crippen molar-refractivity contribution in [1.82, 2.24) is 15.1 Å². The van der Waals surface area contributed by atoms with Crippen LogP contribution in [0.2, 0.25) is 0 Å². The van der Waals surface area contributed by atoms with E-state index in [2.05, 4.69) is 17.3 Å². The number of ether oxygens (including phenoxy) is 1. The lowest BCUT2D eigenvalue weighted by Crippen LogP contribution is -2.63. The minimum Gasteiger partial charge on any atom is -0.377 e. The van der Waals surface area contributed by atoms with Crippen molar-refractivity contribution in [2.24, 2.45) is 17.8 Å². The predicted molar refractivity (Wildman–Crippen MR) is 91.8 cm³/mol. The van der Waals surface area contributed by atoms with Crippen molar-refractivity contribution >= 4 is 5.91 Å². The van der Waals surface area contributed by atoms with Crippen LogP contribution in [0.3, 0.4) is 0 Å². The van der Waals surface area contributed by atoms with E-state index in [1.54, 1.807) is 0 Å². The smallest absolute Gasteiger partial charge is 0.254 e. The molecular weight excluding hydrogens is 302 g/mol. The summed E-state index contributed by atoms with van der Waals surface area (Å²) in [5, 5.41) is 7.82. The molecule has 4 rings (SSSR count). The normalized spacial score (nSPS) is 32.6. The first-order chi connectivity index (χ1) is 11.7. The van der Waals surface area contributed by atoms with E-state index in [1.165, 1.54) is 25.7 Å². The first-order valence-corrected chi connectivity index (χ1v) is 9.65. The Hall–Kier alpha value is -1.36. The van der Waals surface area contributed by atoms with Gasteiger partial charge in [0, 0.05) is 37.2 Å². The maximum Gasteiger partial charge on any atom is 0.254 e. The van der Waals surface area contributed by atoms with Gasteiger partial charge in [0.05, 0.1) is 17.4 Å². The van der Waals surface area contributed by atoms with Crippen molar-refractivity contribution in [2.75, 3.05) is 6.61 Å². The van der Waals surface area contributed by atoms with E-state index >= 15 is 0 Å². The number of amides is 1. The molecule has 1 amide bonds. The number of carbonyl (C=O) groups excluding carboxylic acids is 1. The SMILES string of the molecule is CCCn1cc(C(=O)N[C@H]2[C@H]3CCO[C@H]3[C@H]2C2CCCC2)c(C)n1. The van der Waals surface area contributed by atoms with Crippen molar-refractivity contribution in [3.8, 4) is 0 Å². The highest BCUT2D eigenvalue weighted by atomic mass is 16.5. The Balaban J connectivity index is 1.47. The van der Waals surface area contributed by atoms with Gasteiger partial charge in [-0.1, -0.05) is 32.6 Å². The van der Waals surface area contributed by atoms with Crippen LogP contribution < -0.4 is 5.32 Å². The van der Waals surface area contributed by atoms with E-state index in [1.807, 2.05) is 17.8 Å². The van der Waals surface area contributed by atoms with Gasteiger partial charge in [-0.25, -0.2) is 0 Å². The molecule has 3 fully saturated rings. The molecule has 24 heavy (non-hydrogen) atoms. The molecule has 1 aromatic heterocycles. The molecule has 0 spiro atoms. The summed E-state index contributed by atoms with van der Waals surface area (Å²) in [6.45, 7) is 5.77. The van der Waals surface area contributed by atoms with Crippen LogP contribution in [0, 0.1) is 24.7 Å². The van der Waals surface area contributed by atoms with Gasteiger partial charge in [0.2, 0.25) is 0 Å². The van der Waals surface area contributed by atoms with E-state index in [9.17, 15) is 4.79 Å². The van der Waals surface area contributed by atoms with Gasteiger partial charge in [-0.15, -0.1) is 0 Å². The molecule has 1 saturated heterocycles. The van der Waals surface area contributed by atoms with Gasteiger partial charge < -0.3 is 10.1 Å². The fraction of sp³-hybridized carbons (Fsp3) is 0.789. The van der Waals surface area contributed by atoms with Gasteiger partial charge in [0.25, 0.3) is 5.91 Å². The second kappa shape index (κ2) is 6.51. The highest BCUT2D eigenvalue weighted by Gasteiger charge is 2.57. The molecule has 0 unspecified atom stereocenters. The zero-order chi connectivity index (χ0) is 16.7. The van der Waals surface area contributed by atoms with Gasteiger partial charge >= 0.3 is 0 Å². The van der Waals surface area contributed by atoms with E-state index in [0.717, 1.165) is 43.2 Å². The van der Waals surface area contributed by atoms with Crippen LogP contribution in [0.25, 0.3) is 0 Å². The van der Waals surface area contributed by atoms with Gasteiger partial charge in [0.15, 0.2) is 0 Å². The molecular formula is C19H29N3O2. The lowest BCUT2D eigenvalue weighted by molar-refractivity contribution is -0.0784. The Bertz CT molecular complexity index is 601. The van der Waals surface area contributed by atoms with Crippen LogP contribution in [0.1, 0.15) is 61.5 Å². The van der Waals surface area contributed by atoms with E-state index in [4.69, 9.17) is 4.74 Å². The van der Waals surface area contributed by atoms with Crippen molar-refractivity contribution in [3.05, 3.63) is 17.5 Å². The Labute approximate surface area is 144 Å². The summed E-state index contributed by atoms with van der Waals surface area (Å²) in [5.74, 6) is 1.83. The summed E-state index contributed by atoms with van der Waals surface area (Å²) in [6.07, 6.45) is 9.68. The molecule has 1 aliphatic heterocycles. The molecule has 1 aromatic rings. The number of hydrogen-bond acceptors (Lipinski definition) is 3. The van der Waals surface area contributed by atoms with Crippen molar-refractivity contribution in [3.63, 3.8) is 0 Å². The monoisotopic (exact) mass is 331 g/mol. The molecule has 0 aromatic carbocycles. The number of nitrogens with zero attached hydrogens (tertiary/aromatic N) is 2. The highest BCUT2D eigenvalue weighted by Crippen LogP contribution is 2.51. The standard InChI is InChI=1S/C19H29N3O2/c1-3-9-22-11-15(12(2)21-22)19(23)20-17-14-8-10-24-18(14)16(17)13-6-4-5-7-13/h11,13-14,16-18H,3-10H2,1-2H3,(H,20,23)/t14-,16+,17+,18-/m1/s1. The minimum absolute atomic E-state index is 0.0493. The van der Waals surface area contributed by atoms with E-state index in [0.29, 0.717) is 24.0 Å². The second-order valence-electron chi connectivity index (χ2n) is 7.80. The van der Waals surface area contributed by atoms with Crippen molar-refractivity contribution < 1.29 is 9.53 Å². The Morgan fingerprint density at radius 2 is 2.17 bits per heavy atom.